The smallest absolute Gasteiger partial charge is 0.143 e. The molecule has 9 aromatic carbocycles. The van der Waals surface area contributed by atoms with Crippen molar-refractivity contribution in [2.75, 3.05) is 0 Å². The Morgan fingerprint density at radius 3 is 1.81 bits per heavy atom. The minimum absolute atomic E-state index is 0.192. The Bertz CT molecular complexity index is 3470. The second-order valence-electron chi connectivity index (χ2n) is 14.2. The maximum absolute atomic E-state index is 9.44. The molecular formula is C51H34O. The highest BCUT2D eigenvalue weighted by atomic mass is 16.3. The first-order valence-corrected chi connectivity index (χ1v) is 17.5. The second-order valence-corrected chi connectivity index (χ2v) is 14.2. The van der Waals surface area contributed by atoms with Crippen molar-refractivity contribution in [3.8, 4) is 44.5 Å². The van der Waals surface area contributed by atoms with Gasteiger partial charge in [0.05, 0.1) is 11.0 Å². The molecule has 0 bridgehead atoms. The van der Waals surface area contributed by atoms with Gasteiger partial charge in [-0.05, 0) is 101 Å². The first-order valence-electron chi connectivity index (χ1n) is 21.5. The Kier molecular flexibility index (Phi) is 4.64. The lowest BCUT2D eigenvalue weighted by Gasteiger charge is -2.22. The van der Waals surface area contributed by atoms with Crippen molar-refractivity contribution < 1.29 is 15.4 Å². The van der Waals surface area contributed by atoms with Gasteiger partial charge in [0.25, 0.3) is 0 Å². The number of benzene rings is 9. The number of fused-ring (bicyclic) bond motifs is 10. The maximum atomic E-state index is 9.44. The highest BCUT2D eigenvalue weighted by molar-refractivity contribution is 6.22. The van der Waals surface area contributed by atoms with E-state index in [2.05, 4.69) is 50.2 Å². The van der Waals surface area contributed by atoms with Gasteiger partial charge in [-0.3, -0.25) is 0 Å². The molecule has 0 spiro atoms. The molecule has 0 unspecified atom stereocenters. The fraction of sp³-hybridized carbons (Fsp3) is 0.0588. The average Bonchev–Trinajstić information content (AvgIpc) is 3.77. The number of rotatable bonds is 3. The monoisotopic (exact) mass is 670 g/mol. The summed E-state index contributed by atoms with van der Waals surface area (Å²) in [6.07, 6.45) is 0. The lowest BCUT2D eigenvalue weighted by molar-refractivity contribution is 0.660. The highest BCUT2D eigenvalue weighted by Crippen LogP contribution is 2.51. The molecule has 0 saturated heterocycles. The third kappa shape index (κ3) is 4.05. The van der Waals surface area contributed by atoms with E-state index in [1.165, 1.54) is 5.56 Å². The summed E-state index contributed by atoms with van der Waals surface area (Å²) in [4.78, 5) is 0. The maximum Gasteiger partial charge on any atom is 0.143 e. The van der Waals surface area contributed by atoms with Crippen molar-refractivity contribution in [3.05, 3.63) is 181 Å². The third-order valence-corrected chi connectivity index (χ3v) is 11.1. The first-order chi connectivity index (χ1) is 28.9. The number of furan rings is 1. The van der Waals surface area contributed by atoms with Crippen LogP contribution in [0.2, 0.25) is 0 Å². The first kappa shape index (κ1) is 22.4. The van der Waals surface area contributed by atoms with Gasteiger partial charge in [-0.25, -0.2) is 0 Å². The Hall–Kier alpha value is -6.44. The van der Waals surface area contributed by atoms with Crippen molar-refractivity contribution in [1.29, 1.82) is 0 Å². The van der Waals surface area contributed by atoms with Gasteiger partial charge in [-0.2, -0.15) is 0 Å². The normalized spacial score (nSPS) is 15.5. The van der Waals surface area contributed by atoms with Gasteiger partial charge in [0, 0.05) is 21.6 Å². The largest absolute Gasteiger partial charge is 0.455 e. The van der Waals surface area contributed by atoms with E-state index in [1.807, 2.05) is 84.9 Å². The lowest BCUT2D eigenvalue weighted by atomic mass is 9.81. The summed E-state index contributed by atoms with van der Waals surface area (Å²) in [5.74, 6) is 0. The predicted octanol–water partition coefficient (Wildman–Crippen LogP) is 14.4. The molecule has 0 N–H and O–H groups in total. The molecule has 244 valence electrons. The van der Waals surface area contributed by atoms with Crippen LogP contribution in [-0.2, 0) is 5.41 Å². The van der Waals surface area contributed by atoms with E-state index in [0.29, 0.717) is 22.3 Å². The van der Waals surface area contributed by atoms with Crippen LogP contribution in [0.3, 0.4) is 0 Å². The van der Waals surface area contributed by atoms with Gasteiger partial charge < -0.3 is 4.42 Å². The molecule has 1 heteroatoms. The summed E-state index contributed by atoms with van der Waals surface area (Å²) in [5.41, 5.74) is 9.22. The molecule has 0 amide bonds. The van der Waals surface area contributed by atoms with Gasteiger partial charge in [0.1, 0.15) is 11.2 Å². The van der Waals surface area contributed by atoms with Gasteiger partial charge in [0.2, 0.25) is 0 Å². The quantitative estimate of drug-likeness (QED) is 0.171. The third-order valence-electron chi connectivity index (χ3n) is 11.1. The van der Waals surface area contributed by atoms with Crippen molar-refractivity contribution in [2.24, 2.45) is 0 Å². The zero-order chi connectivity index (χ0) is 41.5. The van der Waals surface area contributed by atoms with E-state index < -0.39 is 24.2 Å². The molecule has 1 aliphatic carbocycles. The summed E-state index contributed by atoms with van der Waals surface area (Å²) < 4.78 is 79.7. The van der Waals surface area contributed by atoms with Crippen LogP contribution in [0.25, 0.3) is 98.8 Å². The summed E-state index contributed by atoms with van der Waals surface area (Å²) >= 11 is 0. The summed E-state index contributed by atoms with van der Waals surface area (Å²) in [5, 5.41) is 4.85. The van der Waals surface area contributed by atoms with E-state index >= 15 is 0 Å². The molecule has 1 nitrogen and oxygen atoms in total. The van der Waals surface area contributed by atoms with Crippen LogP contribution < -0.4 is 0 Å². The number of hydrogen-bond acceptors (Lipinski definition) is 1. The van der Waals surface area contributed by atoms with Crippen LogP contribution in [0.15, 0.2) is 174 Å². The molecule has 11 rings (SSSR count). The molecular weight excluding hydrogens is 629 g/mol. The second kappa shape index (κ2) is 10.8. The lowest BCUT2D eigenvalue weighted by Crippen LogP contribution is -2.14. The van der Waals surface area contributed by atoms with Crippen LogP contribution in [-0.4, -0.2) is 0 Å². The van der Waals surface area contributed by atoms with Gasteiger partial charge in [-0.15, -0.1) is 0 Å². The van der Waals surface area contributed by atoms with Gasteiger partial charge >= 0.3 is 0 Å². The standard InChI is InChI=1S/C51H34O/c1-51(2)44-20-10-9-14-37(44)43-30-34(27-29-45(43)51)48-40-17-7-5-15-38(40)47(39-16-6-8-18-41(39)48)33-24-22-32(23-25-33)35-19-11-21-46-49(35)42-28-26-31-12-3-4-13-36(31)50(42)52-46/h3-30H,1-2H3/i5D,6D,7D,8D,15D,16D,17D,18D. The molecule has 0 aliphatic heterocycles. The molecule has 1 aliphatic rings. The number of hydrogen-bond donors (Lipinski definition) is 0. The molecule has 0 atom stereocenters. The zero-order valence-corrected chi connectivity index (χ0v) is 28.5. The SMILES string of the molecule is [2H]c1c([2H])c([2H])c2c(-c3ccc4c(c3)-c3ccccc3C4(C)C)c3c([2H])c([2H])c([2H])c([2H])c3c(-c3ccc(-c4cccc5oc6c7ccccc7ccc6c45)cc3)c2c1[2H]. The van der Waals surface area contributed by atoms with E-state index in [0.717, 1.165) is 60.5 Å². The van der Waals surface area contributed by atoms with E-state index in [4.69, 9.17) is 9.90 Å². The van der Waals surface area contributed by atoms with Crippen LogP contribution in [0.5, 0.6) is 0 Å². The fourth-order valence-corrected chi connectivity index (χ4v) is 8.69. The van der Waals surface area contributed by atoms with Crippen LogP contribution >= 0.6 is 0 Å². The van der Waals surface area contributed by atoms with Crippen LogP contribution in [0.4, 0.5) is 0 Å². The Labute approximate surface area is 313 Å². The average molecular weight is 671 g/mol. The molecule has 1 heterocycles. The van der Waals surface area contributed by atoms with Crippen molar-refractivity contribution in [1.82, 2.24) is 0 Å². The molecule has 10 aromatic rings. The van der Waals surface area contributed by atoms with Gasteiger partial charge in [0.15, 0.2) is 0 Å². The fourth-order valence-electron chi connectivity index (χ4n) is 8.69. The highest BCUT2D eigenvalue weighted by Gasteiger charge is 2.35. The molecule has 1 aromatic heterocycles. The molecule has 0 saturated carbocycles. The Balaban J connectivity index is 1.21. The Morgan fingerprint density at radius 2 is 1.06 bits per heavy atom. The summed E-state index contributed by atoms with van der Waals surface area (Å²) in [6.45, 7) is 4.35. The molecule has 0 fully saturated rings. The van der Waals surface area contributed by atoms with Gasteiger partial charge in [-0.1, -0.05) is 165 Å². The topological polar surface area (TPSA) is 13.1 Å². The Morgan fingerprint density at radius 1 is 0.462 bits per heavy atom. The molecule has 0 radical (unpaired) electrons. The minimum Gasteiger partial charge on any atom is -0.455 e. The van der Waals surface area contributed by atoms with Crippen LogP contribution in [0.1, 0.15) is 35.9 Å². The predicted molar refractivity (Wildman–Crippen MR) is 220 cm³/mol. The van der Waals surface area contributed by atoms with Crippen molar-refractivity contribution in [2.45, 2.75) is 19.3 Å². The van der Waals surface area contributed by atoms with E-state index in [-0.39, 0.29) is 51.1 Å². The van der Waals surface area contributed by atoms with E-state index in [9.17, 15) is 5.48 Å². The molecule has 52 heavy (non-hydrogen) atoms. The van der Waals surface area contributed by atoms with E-state index in [1.54, 1.807) is 0 Å². The minimum atomic E-state index is -0.424. The zero-order valence-electron chi connectivity index (χ0n) is 36.5. The van der Waals surface area contributed by atoms with Crippen molar-refractivity contribution >= 4 is 54.3 Å². The van der Waals surface area contributed by atoms with Crippen LogP contribution in [0, 0.1) is 0 Å². The summed E-state index contributed by atoms with van der Waals surface area (Å²) in [7, 11) is 0. The summed E-state index contributed by atoms with van der Waals surface area (Å²) in [6, 6.07) is 37.3. The van der Waals surface area contributed by atoms with Crippen molar-refractivity contribution in [3.63, 3.8) is 0 Å².